The summed E-state index contributed by atoms with van der Waals surface area (Å²) in [6, 6.07) is 15.8. The molecule has 10 heteroatoms. The number of alkyl halides is 4. The number of carbonyl (C=O) groups excluding carboxylic acids is 2. The van der Waals surface area contributed by atoms with E-state index in [2.05, 4.69) is 10.1 Å². The van der Waals surface area contributed by atoms with Gasteiger partial charge in [-0.3, -0.25) is 4.79 Å². The van der Waals surface area contributed by atoms with E-state index < -0.39 is 35.7 Å². The molecule has 0 aromatic heterocycles. The zero-order valence-electron chi connectivity index (χ0n) is 17.5. The van der Waals surface area contributed by atoms with Crippen molar-refractivity contribution in [3.63, 3.8) is 0 Å². The monoisotopic (exact) mass is 478 g/mol. The molecule has 0 radical (unpaired) electrons. The van der Waals surface area contributed by atoms with Gasteiger partial charge < -0.3 is 15.8 Å². The SMILES string of the molecule is NC(=O)N[C@](Cc1ccccc1)(c1ccc(C=O)cc1)c1cc(F)cc(OC(F)(F)C(F)F)c1. The number of benzene rings is 3. The molecule has 0 spiro atoms. The molecule has 3 rings (SSSR count). The fraction of sp³-hybridized carbons (Fsp3) is 0.167. The van der Waals surface area contributed by atoms with Crippen LogP contribution in [0.2, 0.25) is 0 Å². The third kappa shape index (κ3) is 5.51. The zero-order valence-corrected chi connectivity index (χ0v) is 17.5. The van der Waals surface area contributed by atoms with Gasteiger partial charge in [0.1, 0.15) is 17.9 Å². The molecular weight excluding hydrogens is 459 g/mol. The Labute approximate surface area is 191 Å². The van der Waals surface area contributed by atoms with Gasteiger partial charge in [-0.1, -0.05) is 54.6 Å². The average Bonchev–Trinajstić information content (AvgIpc) is 2.78. The van der Waals surface area contributed by atoms with Gasteiger partial charge in [0.2, 0.25) is 0 Å². The zero-order chi connectivity index (χ0) is 24.9. The molecule has 34 heavy (non-hydrogen) atoms. The molecule has 0 heterocycles. The maximum atomic E-state index is 14.5. The Morgan fingerprint density at radius 2 is 1.65 bits per heavy atom. The molecule has 5 nitrogen and oxygen atoms in total. The van der Waals surface area contributed by atoms with Crippen LogP contribution in [0.1, 0.15) is 27.0 Å². The van der Waals surface area contributed by atoms with Gasteiger partial charge in [-0.25, -0.2) is 9.18 Å². The number of ether oxygens (including phenoxy) is 1. The number of rotatable bonds is 9. The third-order valence-electron chi connectivity index (χ3n) is 5.06. The Hall–Kier alpha value is -3.95. The molecule has 2 amide bonds. The topological polar surface area (TPSA) is 81.4 Å². The predicted molar refractivity (Wildman–Crippen MR) is 113 cm³/mol. The van der Waals surface area contributed by atoms with Crippen LogP contribution in [0.4, 0.5) is 26.7 Å². The van der Waals surface area contributed by atoms with Gasteiger partial charge >= 0.3 is 18.6 Å². The average molecular weight is 478 g/mol. The molecule has 3 aromatic carbocycles. The third-order valence-corrected chi connectivity index (χ3v) is 5.06. The molecular formula is C24H19F5N2O3. The number of amides is 2. The number of hydrogen-bond acceptors (Lipinski definition) is 3. The lowest BCUT2D eigenvalue weighted by Gasteiger charge is -2.36. The van der Waals surface area contributed by atoms with Crippen LogP contribution in [0.25, 0.3) is 0 Å². The van der Waals surface area contributed by atoms with E-state index in [1.165, 1.54) is 24.3 Å². The number of nitrogens with two attached hydrogens (primary N) is 1. The molecule has 0 saturated heterocycles. The number of primary amides is 1. The van der Waals surface area contributed by atoms with Crippen molar-refractivity contribution < 1.29 is 36.3 Å². The van der Waals surface area contributed by atoms with Crippen molar-refractivity contribution in [3.05, 3.63) is 101 Å². The van der Waals surface area contributed by atoms with Crippen molar-refractivity contribution >= 4 is 12.3 Å². The molecule has 0 fully saturated rings. The van der Waals surface area contributed by atoms with Crippen molar-refractivity contribution in [3.8, 4) is 5.75 Å². The Kier molecular flexibility index (Phi) is 7.19. The highest BCUT2D eigenvalue weighted by molar-refractivity contribution is 5.76. The predicted octanol–water partition coefficient (Wildman–Crippen LogP) is 5.03. The van der Waals surface area contributed by atoms with Crippen LogP contribution in [0.3, 0.4) is 0 Å². The minimum Gasteiger partial charge on any atom is -0.428 e. The molecule has 0 unspecified atom stereocenters. The highest BCUT2D eigenvalue weighted by Crippen LogP contribution is 2.37. The molecule has 0 aliphatic carbocycles. The first kappa shape index (κ1) is 24.7. The highest BCUT2D eigenvalue weighted by Gasteiger charge is 2.44. The van der Waals surface area contributed by atoms with Crippen LogP contribution in [-0.4, -0.2) is 24.9 Å². The Bertz CT molecular complexity index is 1160. The van der Waals surface area contributed by atoms with Gasteiger partial charge in [-0.05, 0) is 28.8 Å². The number of urea groups is 1. The normalized spacial score (nSPS) is 13.2. The van der Waals surface area contributed by atoms with E-state index in [-0.39, 0.29) is 12.0 Å². The lowest BCUT2D eigenvalue weighted by molar-refractivity contribution is -0.253. The maximum absolute atomic E-state index is 14.5. The fourth-order valence-electron chi connectivity index (χ4n) is 3.59. The number of hydrogen-bond donors (Lipinski definition) is 2. The van der Waals surface area contributed by atoms with Gasteiger partial charge in [0.05, 0.1) is 5.54 Å². The van der Waals surface area contributed by atoms with Gasteiger partial charge in [0.15, 0.2) is 0 Å². The summed E-state index contributed by atoms with van der Waals surface area (Å²) in [5.41, 5.74) is 4.94. The summed E-state index contributed by atoms with van der Waals surface area (Å²) < 4.78 is 71.0. The smallest absolute Gasteiger partial charge is 0.428 e. The molecule has 3 aromatic rings. The minimum atomic E-state index is -4.88. The van der Waals surface area contributed by atoms with Crippen LogP contribution in [0.5, 0.6) is 5.75 Å². The van der Waals surface area contributed by atoms with Gasteiger partial charge in [-0.2, -0.15) is 17.6 Å². The first-order chi connectivity index (χ1) is 16.1. The number of carbonyl (C=O) groups is 2. The van der Waals surface area contributed by atoms with E-state index in [1.807, 2.05) is 0 Å². The second kappa shape index (κ2) is 9.90. The van der Waals surface area contributed by atoms with E-state index in [9.17, 15) is 31.5 Å². The summed E-state index contributed by atoms with van der Waals surface area (Å²) in [7, 11) is 0. The molecule has 3 N–H and O–H groups in total. The van der Waals surface area contributed by atoms with Crippen LogP contribution < -0.4 is 15.8 Å². The van der Waals surface area contributed by atoms with Gasteiger partial charge in [0.25, 0.3) is 0 Å². The lowest BCUT2D eigenvalue weighted by atomic mass is 9.77. The van der Waals surface area contributed by atoms with Crippen molar-refractivity contribution in [2.24, 2.45) is 5.73 Å². The number of halogens is 5. The van der Waals surface area contributed by atoms with E-state index in [4.69, 9.17) is 5.73 Å². The summed E-state index contributed by atoms with van der Waals surface area (Å²) >= 11 is 0. The quantitative estimate of drug-likeness (QED) is 0.334. The Morgan fingerprint density at radius 1 is 1.00 bits per heavy atom. The molecule has 0 aliphatic rings. The standard InChI is InChI=1S/C24H19F5N2O3/c25-19-10-18(11-20(12-19)34-24(28,29)21(26)27)23(31-22(30)33,13-15-4-2-1-3-5-15)17-8-6-16(14-32)7-9-17/h1-12,14,21H,13H2,(H3,30,31,33)/t23-/m1/s1. The van der Waals surface area contributed by atoms with Crippen LogP contribution in [0.15, 0.2) is 72.8 Å². The Balaban J connectivity index is 2.24. The number of nitrogens with one attached hydrogen (secondary N) is 1. The van der Waals surface area contributed by atoms with Crippen LogP contribution in [0, 0.1) is 5.82 Å². The van der Waals surface area contributed by atoms with E-state index in [0.717, 1.165) is 12.1 Å². The molecule has 0 bridgehead atoms. The van der Waals surface area contributed by atoms with Gasteiger partial charge in [-0.15, -0.1) is 0 Å². The number of aldehydes is 1. The second-order valence-electron chi connectivity index (χ2n) is 7.44. The Morgan fingerprint density at radius 3 is 2.21 bits per heavy atom. The van der Waals surface area contributed by atoms with Crippen LogP contribution in [-0.2, 0) is 12.0 Å². The van der Waals surface area contributed by atoms with Crippen molar-refractivity contribution in [2.75, 3.05) is 0 Å². The molecule has 1 atom stereocenters. The lowest BCUT2D eigenvalue weighted by Crippen LogP contribution is -2.50. The summed E-state index contributed by atoms with van der Waals surface area (Å²) in [6.45, 7) is 0. The first-order valence-corrected chi connectivity index (χ1v) is 9.89. The summed E-state index contributed by atoms with van der Waals surface area (Å²) in [4.78, 5) is 23.2. The van der Waals surface area contributed by atoms with E-state index >= 15 is 0 Å². The van der Waals surface area contributed by atoms with Crippen molar-refractivity contribution in [2.45, 2.75) is 24.5 Å². The fourth-order valence-corrected chi connectivity index (χ4v) is 3.59. The molecule has 0 saturated carbocycles. The van der Waals surface area contributed by atoms with Crippen molar-refractivity contribution in [1.82, 2.24) is 5.32 Å². The van der Waals surface area contributed by atoms with E-state index in [0.29, 0.717) is 29.0 Å². The summed E-state index contributed by atoms with van der Waals surface area (Å²) in [5.74, 6) is -1.96. The van der Waals surface area contributed by atoms with Crippen LogP contribution >= 0.6 is 0 Å². The van der Waals surface area contributed by atoms with Gasteiger partial charge in [0, 0.05) is 18.1 Å². The summed E-state index contributed by atoms with van der Waals surface area (Å²) in [5, 5.41) is 2.54. The summed E-state index contributed by atoms with van der Waals surface area (Å²) in [6.07, 6.45) is -8.49. The largest absolute Gasteiger partial charge is 0.461 e. The van der Waals surface area contributed by atoms with Crippen molar-refractivity contribution in [1.29, 1.82) is 0 Å². The molecule has 0 aliphatic heterocycles. The minimum absolute atomic E-state index is 0.0364. The highest BCUT2D eigenvalue weighted by atomic mass is 19.3. The second-order valence-corrected chi connectivity index (χ2v) is 7.44. The molecule has 178 valence electrons. The maximum Gasteiger partial charge on any atom is 0.461 e. The van der Waals surface area contributed by atoms with E-state index in [1.54, 1.807) is 30.3 Å². The first-order valence-electron chi connectivity index (χ1n) is 9.89.